The molecule has 18 heavy (non-hydrogen) atoms. The van der Waals surface area contributed by atoms with Crippen LogP contribution >= 0.6 is 11.6 Å². The van der Waals surface area contributed by atoms with Crippen LogP contribution in [0.1, 0.15) is 12.0 Å². The number of anilines is 1. The Morgan fingerprint density at radius 3 is 2.56 bits per heavy atom. The second-order valence-electron chi connectivity index (χ2n) is 4.19. The Hall–Kier alpha value is -1.27. The molecule has 0 heterocycles. The summed E-state index contributed by atoms with van der Waals surface area (Å²) in [6.07, 6.45) is -3.99. The number of nitrogens with two attached hydrogens (primary N) is 1. The lowest BCUT2D eigenvalue weighted by Gasteiger charge is -2.11. The molecular weight excluding hydrogens is 269 g/mol. The second-order valence-corrected chi connectivity index (χ2v) is 4.59. The van der Waals surface area contributed by atoms with Crippen molar-refractivity contribution in [2.75, 3.05) is 5.32 Å². The van der Waals surface area contributed by atoms with Crippen molar-refractivity contribution in [3.63, 3.8) is 0 Å². The predicted molar refractivity (Wildman–Crippen MR) is 61.2 cm³/mol. The number of alkyl halides is 3. The first-order valence-electron chi connectivity index (χ1n) is 5.22. The number of amides is 1. The van der Waals surface area contributed by atoms with Gasteiger partial charge in [0.05, 0.1) is 16.5 Å². The standard InChI is InChI=1S/C11H10ClF3N2O/c12-8-2-1-5(3-7(8)11(13,14)15)17-10(18)6-4-9(6)16/h1-3,6,9H,4,16H2,(H,17,18). The van der Waals surface area contributed by atoms with Crippen LogP contribution in [-0.4, -0.2) is 11.9 Å². The average molecular weight is 279 g/mol. The number of halogens is 4. The molecular formula is C11H10ClF3N2O. The number of rotatable bonds is 2. The van der Waals surface area contributed by atoms with Crippen molar-refractivity contribution in [1.29, 1.82) is 0 Å². The number of benzene rings is 1. The minimum Gasteiger partial charge on any atom is -0.327 e. The van der Waals surface area contributed by atoms with E-state index >= 15 is 0 Å². The van der Waals surface area contributed by atoms with E-state index in [0.717, 1.165) is 12.1 Å². The molecule has 1 saturated carbocycles. The van der Waals surface area contributed by atoms with Gasteiger partial charge in [0.2, 0.25) is 5.91 Å². The number of hydrogen-bond donors (Lipinski definition) is 2. The average Bonchev–Trinajstić information content (AvgIpc) is 2.97. The Balaban J connectivity index is 2.17. The van der Waals surface area contributed by atoms with E-state index in [9.17, 15) is 18.0 Å². The van der Waals surface area contributed by atoms with Gasteiger partial charge in [-0.1, -0.05) is 11.6 Å². The number of nitrogens with one attached hydrogen (secondary N) is 1. The quantitative estimate of drug-likeness (QED) is 0.874. The molecule has 1 aromatic carbocycles. The highest BCUT2D eigenvalue weighted by atomic mass is 35.5. The fraction of sp³-hybridized carbons (Fsp3) is 0.364. The van der Waals surface area contributed by atoms with E-state index in [4.69, 9.17) is 17.3 Å². The summed E-state index contributed by atoms with van der Waals surface area (Å²) in [6, 6.07) is 3.05. The summed E-state index contributed by atoms with van der Waals surface area (Å²) in [6.45, 7) is 0. The summed E-state index contributed by atoms with van der Waals surface area (Å²) in [5.74, 6) is -0.673. The maximum atomic E-state index is 12.6. The molecule has 1 aliphatic rings. The van der Waals surface area contributed by atoms with Gasteiger partial charge in [-0.15, -0.1) is 0 Å². The Kier molecular flexibility index (Phi) is 3.25. The van der Waals surface area contributed by atoms with Crippen molar-refractivity contribution >= 4 is 23.2 Å². The number of carbonyl (C=O) groups is 1. The third-order valence-corrected chi connectivity index (χ3v) is 3.05. The molecule has 1 aliphatic carbocycles. The third kappa shape index (κ3) is 2.76. The first-order chi connectivity index (χ1) is 8.29. The number of hydrogen-bond acceptors (Lipinski definition) is 2. The van der Waals surface area contributed by atoms with Crippen LogP contribution < -0.4 is 11.1 Å². The molecule has 0 aliphatic heterocycles. The van der Waals surface area contributed by atoms with Crippen molar-refractivity contribution in [1.82, 2.24) is 0 Å². The molecule has 7 heteroatoms. The van der Waals surface area contributed by atoms with E-state index in [-0.39, 0.29) is 23.6 Å². The Labute approximate surface area is 106 Å². The van der Waals surface area contributed by atoms with Crippen LogP contribution in [-0.2, 0) is 11.0 Å². The molecule has 0 aromatic heterocycles. The maximum Gasteiger partial charge on any atom is 0.417 e. The lowest BCUT2D eigenvalue weighted by atomic mass is 10.2. The molecule has 3 N–H and O–H groups in total. The monoisotopic (exact) mass is 278 g/mol. The minimum atomic E-state index is -4.55. The zero-order chi connectivity index (χ0) is 13.5. The van der Waals surface area contributed by atoms with E-state index in [1.54, 1.807) is 0 Å². The van der Waals surface area contributed by atoms with Crippen LogP contribution in [0.2, 0.25) is 5.02 Å². The van der Waals surface area contributed by atoms with Gasteiger partial charge >= 0.3 is 6.18 Å². The van der Waals surface area contributed by atoms with E-state index in [0.29, 0.717) is 6.42 Å². The van der Waals surface area contributed by atoms with E-state index < -0.39 is 16.8 Å². The molecule has 2 atom stereocenters. The van der Waals surface area contributed by atoms with Gasteiger partial charge in [-0.2, -0.15) is 13.2 Å². The van der Waals surface area contributed by atoms with Gasteiger partial charge < -0.3 is 11.1 Å². The molecule has 0 spiro atoms. The van der Waals surface area contributed by atoms with Crippen molar-refractivity contribution < 1.29 is 18.0 Å². The van der Waals surface area contributed by atoms with Gasteiger partial charge in [0.1, 0.15) is 0 Å². The second kappa shape index (κ2) is 4.44. The SMILES string of the molecule is NC1CC1C(=O)Nc1ccc(Cl)c(C(F)(F)F)c1. The Morgan fingerprint density at radius 2 is 2.06 bits per heavy atom. The fourth-order valence-corrected chi connectivity index (χ4v) is 1.80. The molecule has 1 aromatic rings. The smallest absolute Gasteiger partial charge is 0.327 e. The van der Waals surface area contributed by atoms with Crippen LogP contribution in [0, 0.1) is 5.92 Å². The van der Waals surface area contributed by atoms with Gasteiger partial charge in [-0.25, -0.2) is 0 Å². The summed E-state index contributed by atoms with van der Waals surface area (Å²) >= 11 is 5.46. The topological polar surface area (TPSA) is 55.1 Å². The molecule has 2 rings (SSSR count). The van der Waals surface area contributed by atoms with Gasteiger partial charge in [0, 0.05) is 11.7 Å². The summed E-state index contributed by atoms with van der Waals surface area (Å²) in [5, 5.41) is 2.00. The molecule has 3 nitrogen and oxygen atoms in total. The zero-order valence-electron chi connectivity index (χ0n) is 9.09. The lowest BCUT2D eigenvalue weighted by Crippen LogP contribution is -2.19. The summed E-state index contributed by atoms with van der Waals surface area (Å²) in [4.78, 5) is 11.5. The molecule has 1 amide bonds. The largest absolute Gasteiger partial charge is 0.417 e. The van der Waals surface area contributed by atoms with Crippen LogP contribution in [0.3, 0.4) is 0 Å². The van der Waals surface area contributed by atoms with Gasteiger partial charge in [0.15, 0.2) is 0 Å². The van der Waals surface area contributed by atoms with Crippen molar-refractivity contribution in [3.05, 3.63) is 28.8 Å². The van der Waals surface area contributed by atoms with Crippen molar-refractivity contribution in [2.24, 2.45) is 11.7 Å². The maximum absolute atomic E-state index is 12.6. The molecule has 98 valence electrons. The Bertz CT molecular complexity index is 490. The first kappa shape index (κ1) is 13.2. The number of carbonyl (C=O) groups excluding carboxylic acids is 1. The van der Waals surface area contributed by atoms with E-state index in [1.807, 2.05) is 0 Å². The highest BCUT2D eigenvalue weighted by Gasteiger charge is 2.40. The Morgan fingerprint density at radius 1 is 1.44 bits per heavy atom. The van der Waals surface area contributed by atoms with Crippen molar-refractivity contribution in [2.45, 2.75) is 18.6 Å². The van der Waals surface area contributed by atoms with E-state index in [2.05, 4.69) is 5.32 Å². The van der Waals surface area contributed by atoms with Gasteiger partial charge in [-0.05, 0) is 24.6 Å². The van der Waals surface area contributed by atoms with Crippen molar-refractivity contribution in [3.8, 4) is 0 Å². The predicted octanol–water partition coefficient (Wildman–Crippen LogP) is 2.64. The summed E-state index contributed by atoms with van der Waals surface area (Å²) < 4.78 is 37.7. The van der Waals surface area contributed by atoms with Crippen LogP contribution in [0.15, 0.2) is 18.2 Å². The lowest BCUT2D eigenvalue weighted by molar-refractivity contribution is -0.137. The molecule has 2 unspecified atom stereocenters. The summed E-state index contributed by atoms with van der Waals surface area (Å²) in [7, 11) is 0. The first-order valence-corrected chi connectivity index (χ1v) is 5.60. The highest BCUT2D eigenvalue weighted by Crippen LogP contribution is 2.36. The third-order valence-electron chi connectivity index (χ3n) is 2.72. The fourth-order valence-electron chi connectivity index (χ4n) is 1.57. The summed E-state index contributed by atoms with van der Waals surface area (Å²) in [5.41, 5.74) is 4.58. The molecule has 0 bridgehead atoms. The molecule has 0 saturated heterocycles. The van der Waals surface area contributed by atoms with Gasteiger partial charge in [0.25, 0.3) is 0 Å². The van der Waals surface area contributed by atoms with Crippen LogP contribution in [0.4, 0.5) is 18.9 Å². The van der Waals surface area contributed by atoms with Crippen LogP contribution in [0.5, 0.6) is 0 Å². The van der Waals surface area contributed by atoms with Crippen LogP contribution in [0.25, 0.3) is 0 Å². The zero-order valence-corrected chi connectivity index (χ0v) is 9.85. The normalized spacial score (nSPS) is 22.7. The molecule has 1 fully saturated rings. The van der Waals surface area contributed by atoms with Gasteiger partial charge in [-0.3, -0.25) is 4.79 Å². The van der Waals surface area contributed by atoms with E-state index in [1.165, 1.54) is 6.07 Å². The minimum absolute atomic E-state index is 0.0656. The highest BCUT2D eigenvalue weighted by molar-refractivity contribution is 6.31. The molecule has 0 radical (unpaired) electrons.